The molecule has 0 spiro atoms. The number of piperidine rings is 1. The summed E-state index contributed by atoms with van der Waals surface area (Å²) in [5.74, 6) is 0.426. The van der Waals surface area contributed by atoms with Crippen LogP contribution in [0.2, 0.25) is 0 Å². The first-order valence-corrected chi connectivity index (χ1v) is 5.11. The maximum atomic E-state index is 11.7. The van der Waals surface area contributed by atoms with Crippen molar-refractivity contribution in [2.45, 2.75) is 32.7 Å². The Kier molecular flexibility index (Phi) is 3.72. The summed E-state index contributed by atoms with van der Waals surface area (Å²) in [7, 11) is 1.97. The molecular formula is C10H20N2O. The predicted octanol–water partition coefficient (Wildman–Crippen LogP) is 0.853. The van der Waals surface area contributed by atoms with Crippen molar-refractivity contribution in [2.24, 2.45) is 5.92 Å². The molecule has 1 fully saturated rings. The predicted molar refractivity (Wildman–Crippen MR) is 53.5 cm³/mol. The third-order valence-corrected chi connectivity index (χ3v) is 2.64. The molecule has 1 rings (SSSR count). The highest BCUT2D eigenvalue weighted by Crippen LogP contribution is 2.12. The molecule has 76 valence electrons. The molecule has 3 heteroatoms. The van der Waals surface area contributed by atoms with Gasteiger partial charge in [0.05, 0.1) is 0 Å². The summed E-state index contributed by atoms with van der Waals surface area (Å²) in [6.07, 6.45) is 2.32. The maximum absolute atomic E-state index is 11.7. The Morgan fingerprint density at radius 2 is 2.23 bits per heavy atom. The fraction of sp³-hybridized carbons (Fsp3) is 0.900. The van der Waals surface area contributed by atoms with E-state index in [1.807, 2.05) is 25.8 Å². The number of carbonyl (C=O) groups excluding carboxylic acids is 1. The largest absolute Gasteiger partial charge is 0.341 e. The number of nitrogens with zero attached hydrogens (tertiary/aromatic N) is 1. The molecule has 0 saturated carbocycles. The van der Waals surface area contributed by atoms with Crippen LogP contribution in [-0.4, -0.2) is 37.0 Å². The van der Waals surface area contributed by atoms with E-state index in [-0.39, 0.29) is 5.92 Å². The summed E-state index contributed by atoms with van der Waals surface area (Å²) in [4.78, 5) is 13.6. The average Bonchev–Trinajstić information content (AvgIpc) is 2.16. The van der Waals surface area contributed by atoms with Gasteiger partial charge in [-0.1, -0.05) is 13.8 Å². The highest BCUT2D eigenvalue weighted by Gasteiger charge is 2.23. The molecule has 3 nitrogen and oxygen atoms in total. The number of amides is 1. The van der Waals surface area contributed by atoms with Crippen molar-refractivity contribution in [3.63, 3.8) is 0 Å². The highest BCUT2D eigenvalue weighted by atomic mass is 16.2. The van der Waals surface area contributed by atoms with Crippen LogP contribution >= 0.6 is 0 Å². The van der Waals surface area contributed by atoms with Crippen LogP contribution in [0.3, 0.4) is 0 Å². The van der Waals surface area contributed by atoms with E-state index in [1.165, 1.54) is 6.42 Å². The van der Waals surface area contributed by atoms with E-state index in [2.05, 4.69) is 5.32 Å². The lowest BCUT2D eigenvalue weighted by molar-refractivity contribution is -0.135. The molecule has 13 heavy (non-hydrogen) atoms. The lowest BCUT2D eigenvalue weighted by Crippen LogP contribution is -2.48. The fourth-order valence-corrected chi connectivity index (χ4v) is 1.78. The molecule has 1 aliphatic rings. The van der Waals surface area contributed by atoms with Crippen molar-refractivity contribution in [3.8, 4) is 0 Å². The molecule has 1 atom stereocenters. The molecule has 1 saturated heterocycles. The molecule has 0 aromatic heterocycles. The van der Waals surface area contributed by atoms with Crippen molar-refractivity contribution < 1.29 is 4.79 Å². The third kappa shape index (κ3) is 2.69. The van der Waals surface area contributed by atoms with Crippen LogP contribution < -0.4 is 5.32 Å². The zero-order chi connectivity index (χ0) is 9.84. The summed E-state index contributed by atoms with van der Waals surface area (Å²) in [5, 5.41) is 3.23. The number of hydrogen-bond acceptors (Lipinski definition) is 2. The van der Waals surface area contributed by atoms with Crippen LogP contribution in [0.4, 0.5) is 0 Å². The molecule has 1 N–H and O–H groups in total. The fourth-order valence-electron chi connectivity index (χ4n) is 1.78. The number of likely N-dealkylation sites (tertiary alicyclic amines) is 1. The molecule has 0 aromatic rings. The summed E-state index contributed by atoms with van der Waals surface area (Å²) in [6, 6.07) is 0.497. The van der Waals surface area contributed by atoms with Crippen molar-refractivity contribution in [2.75, 3.05) is 20.1 Å². The van der Waals surface area contributed by atoms with E-state index >= 15 is 0 Å². The Labute approximate surface area is 80.5 Å². The molecular weight excluding hydrogens is 164 g/mol. The minimum absolute atomic E-state index is 0.135. The van der Waals surface area contributed by atoms with Crippen molar-refractivity contribution >= 4 is 5.91 Å². The number of hydrogen-bond donors (Lipinski definition) is 1. The average molecular weight is 184 g/mol. The van der Waals surface area contributed by atoms with Gasteiger partial charge in [0.25, 0.3) is 0 Å². The number of nitrogens with one attached hydrogen (secondary N) is 1. The molecule has 1 heterocycles. The normalized spacial score (nSPS) is 23.7. The molecule has 1 amide bonds. The van der Waals surface area contributed by atoms with E-state index in [0.717, 1.165) is 19.5 Å². The van der Waals surface area contributed by atoms with Crippen LogP contribution in [0, 0.1) is 5.92 Å². The first-order valence-electron chi connectivity index (χ1n) is 5.11. The van der Waals surface area contributed by atoms with E-state index < -0.39 is 0 Å². The second kappa shape index (κ2) is 4.61. The lowest BCUT2D eigenvalue weighted by Gasteiger charge is -2.33. The van der Waals surface area contributed by atoms with E-state index in [4.69, 9.17) is 0 Å². The molecule has 0 unspecified atom stereocenters. The molecule has 0 radical (unpaired) electrons. The van der Waals surface area contributed by atoms with Gasteiger partial charge in [0.1, 0.15) is 0 Å². The Balaban J connectivity index is 2.46. The van der Waals surface area contributed by atoms with Crippen LogP contribution in [0.15, 0.2) is 0 Å². The van der Waals surface area contributed by atoms with Gasteiger partial charge in [-0.3, -0.25) is 4.79 Å². The standard InChI is InChI=1S/C10H20N2O/c1-8(2)10(13)12-6-4-5-9(7-12)11-3/h8-9,11H,4-7H2,1-3H3/t9-/m1/s1. The van der Waals surface area contributed by atoms with Gasteiger partial charge in [-0.25, -0.2) is 0 Å². The molecule has 0 aliphatic carbocycles. The van der Waals surface area contributed by atoms with Crippen molar-refractivity contribution in [1.29, 1.82) is 0 Å². The quantitative estimate of drug-likeness (QED) is 0.690. The topological polar surface area (TPSA) is 32.3 Å². The Morgan fingerprint density at radius 3 is 2.77 bits per heavy atom. The van der Waals surface area contributed by atoms with Crippen LogP contribution in [0.1, 0.15) is 26.7 Å². The van der Waals surface area contributed by atoms with Gasteiger partial charge in [0, 0.05) is 25.0 Å². The summed E-state index contributed by atoms with van der Waals surface area (Å²) in [5.41, 5.74) is 0. The number of likely N-dealkylation sites (N-methyl/N-ethyl adjacent to an activating group) is 1. The monoisotopic (exact) mass is 184 g/mol. The SMILES string of the molecule is CN[C@@H]1CCCN(C(=O)C(C)C)C1. The van der Waals surface area contributed by atoms with Gasteiger partial charge in [-0.15, -0.1) is 0 Å². The Morgan fingerprint density at radius 1 is 1.54 bits per heavy atom. The Hall–Kier alpha value is -0.570. The first-order chi connectivity index (χ1) is 6.15. The number of rotatable bonds is 2. The smallest absolute Gasteiger partial charge is 0.225 e. The van der Waals surface area contributed by atoms with Gasteiger partial charge in [-0.2, -0.15) is 0 Å². The second-order valence-electron chi connectivity index (χ2n) is 4.07. The summed E-state index contributed by atoms with van der Waals surface area (Å²) < 4.78 is 0. The minimum atomic E-state index is 0.135. The second-order valence-corrected chi connectivity index (χ2v) is 4.07. The molecule has 0 bridgehead atoms. The van der Waals surface area contributed by atoms with Gasteiger partial charge in [0.15, 0.2) is 0 Å². The van der Waals surface area contributed by atoms with E-state index in [1.54, 1.807) is 0 Å². The first kappa shape index (κ1) is 10.5. The van der Waals surface area contributed by atoms with E-state index in [9.17, 15) is 4.79 Å². The van der Waals surface area contributed by atoms with Crippen molar-refractivity contribution in [1.82, 2.24) is 10.2 Å². The van der Waals surface area contributed by atoms with Crippen LogP contribution in [0.5, 0.6) is 0 Å². The van der Waals surface area contributed by atoms with Crippen LogP contribution in [-0.2, 0) is 4.79 Å². The lowest BCUT2D eigenvalue weighted by atomic mass is 10.0. The van der Waals surface area contributed by atoms with E-state index in [0.29, 0.717) is 11.9 Å². The third-order valence-electron chi connectivity index (χ3n) is 2.64. The van der Waals surface area contributed by atoms with Gasteiger partial charge in [-0.05, 0) is 19.9 Å². The summed E-state index contributed by atoms with van der Waals surface area (Å²) in [6.45, 7) is 5.75. The number of carbonyl (C=O) groups is 1. The zero-order valence-corrected chi connectivity index (χ0v) is 8.84. The maximum Gasteiger partial charge on any atom is 0.225 e. The summed E-state index contributed by atoms with van der Waals surface area (Å²) >= 11 is 0. The van der Waals surface area contributed by atoms with Gasteiger partial charge < -0.3 is 10.2 Å². The van der Waals surface area contributed by atoms with Gasteiger partial charge >= 0.3 is 0 Å². The van der Waals surface area contributed by atoms with Crippen LogP contribution in [0.25, 0.3) is 0 Å². The molecule has 0 aromatic carbocycles. The van der Waals surface area contributed by atoms with Crippen molar-refractivity contribution in [3.05, 3.63) is 0 Å². The van der Waals surface area contributed by atoms with Gasteiger partial charge in [0.2, 0.25) is 5.91 Å². The molecule has 1 aliphatic heterocycles. The zero-order valence-electron chi connectivity index (χ0n) is 8.84. The minimum Gasteiger partial charge on any atom is -0.341 e. The Bertz CT molecular complexity index is 180. The highest BCUT2D eigenvalue weighted by molar-refractivity contribution is 5.78.